The molecule has 0 saturated carbocycles. The van der Waals surface area contributed by atoms with Gasteiger partial charge in [0.15, 0.2) is 0 Å². The van der Waals surface area contributed by atoms with Crippen LogP contribution in [0.15, 0.2) is 24.3 Å². The minimum Gasteiger partial charge on any atom is -0.373 e. The minimum absolute atomic E-state index is 0.0518. The van der Waals surface area contributed by atoms with Gasteiger partial charge in [-0.05, 0) is 43.9 Å². The van der Waals surface area contributed by atoms with E-state index in [1.54, 1.807) is 0 Å². The van der Waals surface area contributed by atoms with Crippen molar-refractivity contribution < 1.29 is 4.74 Å². The molecule has 18 heavy (non-hydrogen) atoms. The second kappa shape index (κ2) is 5.85. The van der Waals surface area contributed by atoms with Gasteiger partial charge in [0.1, 0.15) is 0 Å². The van der Waals surface area contributed by atoms with Crippen molar-refractivity contribution >= 4 is 0 Å². The van der Waals surface area contributed by atoms with Gasteiger partial charge in [-0.1, -0.05) is 38.1 Å². The highest BCUT2D eigenvalue weighted by molar-refractivity contribution is 5.27. The molecule has 2 unspecified atom stereocenters. The monoisotopic (exact) mass is 247 g/mol. The summed E-state index contributed by atoms with van der Waals surface area (Å²) in [4.78, 5) is 0. The lowest BCUT2D eigenvalue weighted by molar-refractivity contribution is -0.0121. The highest BCUT2D eigenvalue weighted by Crippen LogP contribution is 2.37. The first-order chi connectivity index (χ1) is 8.69. The van der Waals surface area contributed by atoms with E-state index in [1.807, 2.05) is 0 Å². The van der Waals surface area contributed by atoms with Crippen LogP contribution in [0, 0.1) is 0 Å². The van der Waals surface area contributed by atoms with E-state index in [1.165, 1.54) is 17.5 Å². The van der Waals surface area contributed by atoms with E-state index < -0.39 is 0 Å². The second-order valence-corrected chi connectivity index (χ2v) is 5.35. The summed E-state index contributed by atoms with van der Waals surface area (Å²) >= 11 is 0. The molecular weight excluding hydrogens is 222 g/mol. The number of hydrogen-bond acceptors (Lipinski definition) is 2. The molecular formula is C16H25NO. The first-order valence-corrected chi connectivity index (χ1v) is 7.16. The van der Waals surface area contributed by atoms with Crippen molar-refractivity contribution in [1.29, 1.82) is 0 Å². The summed E-state index contributed by atoms with van der Waals surface area (Å²) in [5, 5.41) is 3.59. The Balaban J connectivity index is 2.22. The third-order valence-corrected chi connectivity index (χ3v) is 3.99. The van der Waals surface area contributed by atoms with Crippen LogP contribution in [-0.4, -0.2) is 18.8 Å². The topological polar surface area (TPSA) is 21.3 Å². The average molecular weight is 247 g/mol. The van der Waals surface area contributed by atoms with Crippen LogP contribution < -0.4 is 5.32 Å². The van der Waals surface area contributed by atoms with Crippen molar-refractivity contribution in [3.8, 4) is 0 Å². The molecule has 1 heterocycles. The van der Waals surface area contributed by atoms with E-state index in [4.69, 9.17) is 4.74 Å². The number of rotatable bonds is 5. The lowest BCUT2D eigenvalue weighted by Crippen LogP contribution is -2.41. The van der Waals surface area contributed by atoms with E-state index in [0.29, 0.717) is 6.04 Å². The normalized spacial score (nSPS) is 25.3. The summed E-state index contributed by atoms with van der Waals surface area (Å²) in [6.45, 7) is 8.45. The van der Waals surface area contributed by atoms with Crippen LogP contribution in [0.25, 0.3) is 0 Å². The second-order valence-electron chi connectivity index (χ2n) is 5.35. The minimum atomic E-state index is -0.0518. The van der Waals surface area contributed by atoms with E-state index in [0.717, 1.165) is 26.0 Å². The van der Waals surface area contributed by atoms with Crippen molar-refractivity contribution in [3.05, 3.63) is 35.4 Å². The fourth-order valence-corrected chi connectivity index (χ4v) is 2.86. The standard InChI is InChI=1S/C16H25NO/c1-4-13-7-9-14(10-8-13)15(17-5-2)16(3)11-6-12-18-16/h7-10,15,17H,4-6,11-12H2,1-3H3. The molecule has 1 aliphatic heterocycles. The third-order valence-electron chi connectivity index (χ3n) is 3.99. The highest BCUT2D eigenvalue weighted by Gasteiger charge is 2.38. The SMILES string of the molecule is CCNC(c1ccc(CC)cc1)C1(C)CCCO1. The van der Waals surface area contributed by atoms with Crippen LogP contribution >= 0.6 is 0 Å². The molecule has 1 aliphatic rings. The van der Waals surface area contributed by atoms with Gasteiger partial charge in [0.05, 0.1) is 11.6 Å². The summed E-state index contributed by atoms with van der Waals surface area (Å²) in [5.74, 6) is 0. The predicted molar refractivity (Wildman–Crippen MR) is 75.8 cm³/mol. The maximum atomic E-state index is 6.00. The molecule has 2 heteroatoms. The zero-order valence-electron chi connectivity index (χ0n) is 11.8. The summed E-state index contributed by atoms with van der Waals surface area (Å²) < 4.78 is 6.00. The average Bonchev–Trinajstić information content (AvgIpc) is 2.84. The molecule has 0 amide bonds. The molecule has 1 saturated heterocycles. The molecule has 0 aromatic heterocycles. The number of ether oxygens (including phenoxy) is 1. The molecule has 100 valence electrons. The van der Waals surface area contributed by atoms with Crippen LogP contribution in [0.4, 0.5) is 0 Å². The fourth-order valence-electron chi connectivity index (χ4n) is 2.86. The van der Waals surface area contributed by atoms with Crippen LogP contribution in [0.3, 0.4) is 0 Å². The van der Waals surface area contributed by atoms with Gasteiger partial charge in [0.25, 0.3) is 0 Å². The van der Waals surface area contributed by atoms with Crippen molar-refractivity contribution in [1.82, 2.24) is 5.32 Å². The molecule has 2 atom stereocenters. The largest absolute Gasteiger partial charge is 0.373 e. The van der Waals surface area contributed by atoms with Gasteiger partial charge in [0, 0.05) is 6.61 Å². The van der Waals surface area contributed by atoms with E-state index >= 15 is 0 Å². The van der Waals surface area contributed by atoms with Crippen LogP contribution in [0.2, 0.25) is 0 Å². The maximum Gasteiger partial charge on any atom is 0.0849 e. The lowest BCUT2D eigenvalue weighted by Gasteiger charge is -2.34. The van der Waals surface area contributed by atoms with Crippen molar-refractivity contribution in [3.63, 3.8) is 0 Å². The van der Waals surface area contributed by atoms with Gasteiger partial charge in [-0.25, -0.2) is 0 Å². The van der Waals surface area contributed by atoms with Crippen LogP contribution in [0.1, 0.15) is 50.8 Å². The highest BCUT2D eigenvalue weighted by atomic mass is 16.5. The summed E-state index contributed by atoms with van der Waals surface area (Å²) in [6.07, 6.45) is 3.41. The number of hydrogen-bond donors (Lipinski definition) is 1. The van der Waals surface area contributed by atoms with Gasteiger partial charge in [-0.2, -0.15) is 0 Å². The Hall–Kier alpha value is -0.860. The molecule has 1 N–H and O–H groups in total. The number of aryl methyl sites for hydroxylation is 1. The first kappa shape index (κ1) is 13.6. The Bertz CT molecular complexity index is 365. The van der Waals surface area contributed by atoms with Gasteiger partial charge in [0.2, 0.25) is 0 Å². The molecule has 1 fully saturated rings. The van der Waals surface area contributed by atoms with Gasteiger partial charge >= 0.3 is 0 Å². The Kier molecular flexibility index (Phi) is 4.41. The number of benzene rings is 1. The quantitative estimate of drug-likeness (QED) is 0.860. The number of likely N-dealkylation sites (N-methyl/N-ethyl adjacent to an activating group) is 1. The zero-order valence-corrected chi connectivity index (χ0v) is 11.8. The Morgan fingerprint density at radius 2 is 2.00 bits per heavy atom. The Morgan fingerprint density at radius 1 is 1.28 bits per heavy atom. The van der Waals surface area contributed by atoms with Crippen LogP contribution in [-0.2, 0) is 11.2 Å². The van der Waals surface area contributed by atoms with Gasteiger partial charge < -0.3 is 10.1 Å². The fraction of sp³-hybridized carbons (Fsp3) is 0.625. The Labute approximate surface area is 111 Å². The van der Waals surface area contributed by atoms with Gasteiger partial charge in [-0.3, -0.25) is 0 Å². The van der Waals surface area contributed by atoms with Crippen molar-refractivity contribution in [2.45, 2.75) is 51.7 Å². The molecule has 2 rings (SSSR count). The molecule has 2 nitrogen and oxygen atoms in total. The smallest absolute Gasteiger partial charge is 0.0849 e. The zero-order chi connectivity index (χ0) is 13.0. The molecule has 0 aliphatic carbocycles. The van der Waals surface area contributed by atoms with Crippen LogP contribution in [0.5, 0.6) is 0 Å². The van der Waals surface area contributed by atoms with Crippen molar-refractivity contribution in [2.24, 2.45) is 0 Å². The summed E-state index contributed by atoms with van der Waals surface area (Å²) in [7, 11) is 0. The first-order valence-electron chi connectivity index (χ1n) is 7.16. The number of nitrogens with one attached hydrogen (secondary N) is 1. The summed E-state index contributed by atoms with van der Waals surface area (Å²) in [5.41, 5.74) is 2.69. The molecule has 0 spiro atoms. The molecule has 0 bridgehead atoms. The predicted octanol–water partition coefficient (Wildman–Crippen LogP) is 3.47. The van der Waals surface area contributed by atoms with Gasteiger partial charge in [-0.15, -0.1) is 0 Å². The molecule has 0 radical (unpaired) electrons. The van der Waals surface area contributed by atoms with Crippen molar-refractivity contribution in [2.75, 3.05) is 13.2 Å². The van der Waals surface area contributed by atoms with E-state index in [9.17, 15) is 0 Å². The maximum absolute atomic E-state index is 6.00. The Morgan fingerprint density at radius 3 is 2.50 bits per heavy atom. The van der Waals surface area contributed by atoms with E-state index in [2.05, 4.69) is 50.4 Å². The third kappa shape index (κ3) is 2.76. The lowest BCUT2D eigenvalue weighted by atomic mass is 9.87. The molecule has 1 aromatic carbocycles. The molecule has 1 aromatic rings. The van der Waals surface area contributed by atoms with E-state index in [-0.39, 0.29) is 5.60 Å². The summed E-state index contributed by atoms with van der Waals surface area (Å²) in [6, 6.07) is 9.27.